The lowest BCUT2D eigenvalue weighted by molar-refractivity contribution is -0.135. The molecule has 0 saturated carbocycles. The van der Waals surface area contributed by atoms with E-state index in [9.17, 15) is 9.59 Å². The standard InChI is InChI=1S/C12H24N4O3/c1-9(2)15-12(18)10-8-19-6-5-16(10)7-11(17)14-4-3-13/h9-10H,3-8,13H2,1-2H3,(H,14,17)(H,15,18). The molecule has 1 heterocycles. The van der Waals surface area contributed by atoms with Crippen LogP contribution in [0.5, 0.6) is 0 Å². The van der Waals surface area contributed by atoms with Crippen LogP contribution in [0.3, 0.4) is 0 Å². The number of amides is 2. The molecule has 1 aliphatic rings. The van der Waals surface area contributed by atoms with Crippen LogP contribution in [0.4, 0.5) is 0 Å². The van der Waals surface area contributed by atoms with Crippen LogP contribution in [-0.2, 0) is 14.3 Å². The van der Waals surface area contributed by atoms with Gasteiger partial charge in [0.1, 0.15) is 6.04 Å². The largest absolute Gasteiger partial charge is 0.378 e. The van der Waals surface area contributed by atoms with Crippen molar-refractivity contribution in [2.24, 2.45) is 5.73 Å². The van der Waals surface area contributed by atoms with Gasteiger partial charge in [-0.15, -0.1) is 0 Å². The highest BCUT2D eigenvalue weighted by Gasteiger charge is 2.30. The van der Waals surface area contributed by atoms with Crippen molar-refractivity contribution in [1.29, 1.82) is 0 Å². The van der Waals surface area contributed by atoms with Gasteiger partial charge in [-0.25, -0.2) is 0 Å². The molecule has 1 saturated heterocycles. The van der Waals surface area contributed by atoms with E-state index in [0.29, 0.717) is 32.8 Å². The fraction of sp³-hybridized carbons (Fsp3) is 0.833. The first-order chi connectivity index (χ1) is 9.04. The van der Waals surface area contributed by atoms with E-state index in [0.717, 1.165) is 0 Å². The molecule has 1 aliphatic heterocycles. The number of hydrogen-bond acceptors (Lipinski definition) is 5. The Hall–Kier alpha value is -1.18. The van der Waals surface area contributed by atoms with Crippen LogP contribution in [0, 0.1) is 0 Å². The molecule has 0 spiro atoms. The zero-order chi connectivity index (χ0) is 14.3. The Kier molecular flexibility index (Phi) is 6.75. The van der Waals surface area contributed by atoms with Crippen LogP contribution in [0.15, 0.2) is 0 Å². The fourth-order valence-corrected chi connectivity index (χ4v) is 1.90. The quantitative estimate of drug-likeness (QED) is 0.535. The first-order valence-corrected chi connectivity index (χ1v) is 6.63. The van der Waals surface area contributed by atoms with Gasteiger partial charge in [-0.1, -0.05) is 0 Å². The molecule has 0 aromatic rings. The van der Waals surface area contributed by atoms with Crippen LogP contribution in [0.2, 0.25) is 0 Å². The molecule has 0 aromatic carbocycles. The summed E-state index contributed by atoms with van der Waals surface area (Å²) in [5, 5.41) is 5.55. The summed E-state index contributed by atoms with van der Waals surface area (Å²) in [7, 11) is 0. The van der Waals surface area contributed by atoms with Gasteiger partial charge in [0, 0.05) is 25.7 Å². The highest BCUT2D eigenvalue weighted by molar-refractivity contribution is 5.84. The molecule has 19 heavy (non-hydrogen) atoms. The topological polar surface area (TPSA) is 96.7 Å². The SMILES string of the molecule is CC(C)NC(=O)C1COCCN1CC(=O)NCCN. The van der Waals surface area contributed by atoms with Gasteiger partial charge in [0.25, 0.3) is 0 Å². The van der Waals surface area contributed by atoms with E-state index in [1.165, 1.54) is 0 Å². The minimum Gasteiger partial charge on any atom is -0.378 e. The third-order valence-corrected chi connectivity index (χ3v) is 2.79. The van der Waals surface area contributed by atoms with E-state index in [2.05, 4.69) is 10.6 Å². The van der Waals surface area contributed by atoms with Crippen LogP contribution in [0.1, 0.15) is 13.8 Å². The zero-order valence-electron chi connectivity index (χ0n) is 11.6. The van der Waals surface area contributed by atoms with E-state index >= 15 is 0 Å². The van der Waals surface area contributed by atoms with Gasteiger partial charge in [-0.05, 0) is 13.8 Å². The van der Waals surface area contributed by atoms with Gasteiger partial charge in [-0.3, -0.25) is 14.5 Å². The maximum atomic E-state index is 12.0. The number of ether oxygens (including phenoxy) is 1. The lowest BCUT2D eigenvalue weighted by atomic mass is 10.2. The third-order valence-electron chi connectivity index (χ3n) is 2.79. The van der Waals surface area contributed by atoms with Gasteiger partial charge >= 0.3 is 0 Å². The van der Waals surface area contributed by atoms with Crippen molar-refractivity contribution in [3.63, 3.8) is 0 Å². The maximum Gasteiger partial charge on any atom is 0.239 e. The fourth-order valence-electron chi connectivity index (χ4n) is 1.90. The van der Waals surface area contributed by atoms with E-state index in [-0.39, 0.29) is 24.4 Å². The van der Waals surface area contributed by atoms with Crippen molar-refractivity contribution in [2.75, 3.05) is 39.4 Å². The van der Waals surface area contributed by atoms with Crippen LogP contribution in [0.25, 0.3) is 0 Å². The molecular formula is C12H24N4O3. The number of carbonyl (C=O) groups is 2. The Morgan fingerprint density at radius 2 is 2.21 bits per heavy atom. The van der Waals surface area contributed by atoms with Crippen molar-refractivity contribution in [1.82, 2.24) is 15.5 Å². The molecule has 0 aromatic heterocycles. The first kappa shape index (κ1) is 15.9. The second-order valence-electron chi connectivity index (χ2n) is 4.86. The Balaban J connectivity index is 2.52. The predicted molar refractivity (Wildman–Crippen MR) is 71.5 cm³/mol. The molecule has 1 fully saturated rings. The predicted octanol–water partition coefficient (Wildman–Crippen LogP) is -1.71. The molecule has 0 bridgehead atoms. The van der Waals surface area contributed by atoms with Gasteiger partial charge in [0.2, 0.25) is 11.8 Å². The highest BCUT2D eigenvalue weighted by atomic mass is 16.5. The summed E-state index contributed by atoms with van der Waals surface area (Å²) in [6.45, 7) is 6.29. The summed E-state index contributed by atoms with van der Waals surface area (Å²) in [5.41, 5.74) is 5.33. The lowest BCUT2D eigenvalue weighted by Crippen LogP contribution is -2.57. The molecule has 7 heteroatoms. The van der Waals surface area contributed by atoms with Gasteiger partial charge in [-0.2, -0.15) is 0 Å². The molecule has 2 amide bonds. The van der Waals surface area contributed by atoms with E-state index in [1.54, 1.807) is 0 Å². The minimum atomic E-state index is -0.403. The summed E-state index contributed by atoms with van der Waals surface area (Å²) < 4.78 is 5.32. The minimum absolute atomic E-state index is 0.0716. The summed E-state index contributed by atoms with van der Waals surface area (Å²) >= 11 is 0. The summed E-state index contributed by atoms with van der Waals surface area (Å²) in [4.78, 5) is 25.5. The number of morpholine rings is 1. The van der Waals surface area contributed by atoms with Crippen LogP contribution in [-0.4, -0.2) is 68.2 Å². The number of carbonyl (C=O) groups excluding carboxylic acids is 2. The summed E-state index contributed by atoms with van der Waals surface area (Å²) in [6, 6.07) is -0.331. The molecular weight excluding hydrogens is 248 g/mol. The number of nitrogens with one attached hydrogen (secondary N) is 2. The summed E-state index contributed by atoms with van der Waals surface area (Å²) in [5.74, 6) is -0.212. The highest BCUT2D eigenvalue weighted by Crippen LogP contribution is 2.07. The van der Waals surface area contributed by atoms with E-state index in [4.69, 9.17) is 10.5 Å². The summed E-state index contributed by atoms with van der Waals surface area (Å²) in [6.07, 6.45) is 0. The number of hydrogen-bond donors (Lipinski definition) is 3. The zero-order valence-corrected chi connectivity index (χ0v) is 11.6. The van der Waals surface area contributed by atoms with Gasteiger partial charge in [0.15, 0.2) is 0 Å². The van der Waals surface area contributed by atoms with Crippen molar-refractivity contribution in [3.8, 4) is 0 Å². The lowest BCUT2D eigenvalue weighted by Gasteiger charge is -2.34. The van der Waals surface area contributed by atoms with E-state index in [1.807, 2.05) is 18.7 Å². The molecule has 0 radical (unpaired) electrons. The average Bonchev–Trinajstić information content (AvgIpc) is 2.36. The van der Waals surface area contributed by atoms with Crippen LogP contribution >= 0.6 is 0 Å². The Bertz CT molecular complexity index is 309. The van der Waals surface area contributed by atoms with Crippen molar-refractivity contribution in [2.45, 2.75) is 25.9 Å². The van der Waals surface area contributed by atoms with Crippen molar-refractivity contribution < 1.29 is 14.3 Å². The smallest absolute Gasteiger partial charge is 0.239 e. The number of nitrogens with two attached hydrogens (primary N) is 1. The molecule has 1 rings (SSSR count). The van der Waals surface area contributed by atoms with Crippen molar-refractivity contribution >= 4 is 11.8 Å². The molecule has 7 nitrogen and oxygen atoms in total. The number of rotatable bonds is 6. The number of nitrogens with zero attached hydrogens (tertiary/aromatic N) is 1. The molecule has 110 valence electrons. The van der Waals surface area contributed by atoms with Gasteiger partial charge in [0.05, 0.1) is 19.8 Å². The molecule has 1 unspecified atom stereocenters. The second kappa shape index (κ2) is 8.08. The third kappa shape index (κ3) is 5.54. The van der Waals surface area contributed by atoms with E-state index < -0.39 is 6.04 Å². The van der Waals surface area contributed by atoms with Gasteiger partial charge < -0.3 is 21.1 Å². The Labute approximate surface area is 113 Å². The normalized spacial score (nSPS) is 20.3. The molecule has 4 N–H and O–H groups in total. The molecule has 1 atom stereocenters. The maximum absolute atomic E-state index is 12.0. The first-order valence-electron chi connectivity index (χ1n) is 6.63. The second-order valence-corrected chi connectivity index (χ2v) is 4.86. The average molecular weight is 272 g/mol. The van der Waals surface area contributed by atoms with Crippen LogP contribution < -0.4 is 16.4 Å². The Morgan fingerprint density at radius 1 is 1.47 bits per heavy atom. The Morgan fingerprint density at radius 3 is 2.84 bits per heavy atom. The molecule has 0 aliphatic carbocycles. The van der Waals surface area contributed by atoms with Crippen molar-refractivity contribution in [3.05, 3.63) is 0 Å². The monoisotopic (exact) mass is 272 g/mol.